The van der Waals surface area contributed by atoms with Crippen LogP contribution in [0.2, 0.25) is 0 Å². The van der Waals surface area contributed by atoms with Gasteiger partial charge >= 0.3 is 0 Å². The summed E-state index contributed by atoms with van der Waals surface area (Å²) in [4.78, 5) is 13.2. The Kier molecular flexibility index (Phi) is 5.48. The van der Waals surface area contributed by atoms with E-state index < -0.39 is 15.9 Å². The fourth-order valence-electron chi connectivity index (χ4n) is 4.22. The van der Waals surface area contributed by atoms with Gasteiger partial charge in [-0.25, -0.2) is 8.42 Å². The van der Waals surface area contributed by atoms with Crippen molar-refractivity contribution in [1.29, 1.82) is 0 Å². The third kappa shape index (κ3) is 4.03. The van der Waals surface area contributed by atoms with Crippen molar-refractivity contribution in [2.45, 2.75) is 17.7 Å². The van der Waals surface area contributed by atoms with Gasteiger partial charge in [0, 0.05) is 24.8 Å². The predicted molar refractivity (Wildman–Crippen MR) is 121 cm³/mol. The highest BCUT2D eigenvalue weighted by Crippen LogP contribution is 2.33. The normalized spacial score (nSPS) is 18.9. The Labute approximate surface area is 187 Å². The first kappa shape index (κ1) is 20.8. The first-order valence-electron chi connectivity index (χ1n) is 10.7. The van der Waals surface area contributed by atoms with Crippen molar-refractivity contribution >= 4 is 32.4 Å². The van der Waals surface area contributed by atoms with Gasteiger partial charge < -0.3 is 14.8 Å². The Bertz CT molecular complexity index is 1270. The van der Waals surface area contributed by atoms with Crippen LogP contribution in [-0.2, 0) is 14.8 Å². The van der Waals surface area contributed by atoms with Crippen LogP contribution in [0.1, 0.15) is 12.8 Å². The highest BCUT2D eigenvalue weighted by molar-refractivity contribution is 7.89. The van der Waals surface area contributed by atoms with Gasteiger partial charge in [0.1, 0.15) is 13.2 Å². The molecule has 8 heteroatoms. The second kappa shape index (κ2) is 8.44. The lowest BCUT2D eigenvalue weighted by Crippen LogP contribution is -2.43. The van der Waals surface area contributed by atoms with Crippen molar-refractivity contribution in [2.24, 2.45) is 5.92 Å². The number of benzene rings is 3. The topological polar surface area (TPSA) is 84.9 Å². The number of carbonyl (C=O) groups excluding carboxylic acids is 1. The Hall–Kier alpha value is -3.10. The minimum absolute atomic E-state index is 0.158. The maximum atomic E-state index is 13.3. The highest BCUT2D eigenvalue weighted by atomic mass is 32.2. The van der Waals surface area contributed by atoms with E-state index in [1.807, 2.05) is 30.3 Å². The Morgan fingerprint density at radius 3 is 2.56 bits per heavy atom. The number of amides is 1. The van der Waals surface area contributed by atoms with Crippen LogP contribution in [0.4, 0.5) is 5.69 Å². The zero-order valence-electron chi connectivity index (χ0n) is 17.5. The van der Waals surface area contributed by atoms with Gasteiger partial charge in [-0.05, 0) is 47.9 Å². The van der Waals surface area contributed by atoms with E-state index in [9.17, 15) is 13.2 Å². The minimum atomic E-state index is -3.69. The highest BCUT2D eigenvalue weighted by Gasteiger charge is 2.33. The van der Waals surface area contributed by atoms with E-state index in [4.69, 9.17) is 9.47 Å². The molecule has 0 radical (unpaired) electrons. The van der Waals surface area contributed by atoms with Gasteiger partial charge in [0.15, 0.2) is 11.5 Å². The van der Waals surface area contributed by atoms with Gasteiger partial charge in [0.2, 0.25) is 15.9 Å². The number of sulfonamides is 1. The molecule has 7 nitrogen and oxygen atoms in total. The molecule has 32 heavy (non-hydrogen) atoms. The van der Waals surface area contributed by atoms with E-state index in [1.165, 1.54) is 4.31 Å². The maximum Gasteiger partial charge on any atom is 0.243 e. The number of ether oxygens (including phenoxy) is 2. The molecule has 0 aromatic heterocycles. The third-order valence-electron chi connectivity index (χ3n) is 5.92. The molecule has 0 saturated carbocycles. The van der Waals surface area contributed by atoms with Gasteiger partial charge in [-0.3, -0.25) is 4.79 Å². The zero-order valence-corrected chi connectivity index (χ0v) is 18.3. The summed E-state index contributed by atoms with van der Waals surface area (Å²) >= 11 is 0. The van der Waals surface area contributed by atoms with Crippen molar-refractivity contribution in [3.05, 3.63) is 60.7 Å². The maximum absolute atomic E-state index is 13.3. The first-order chi connectivity index (χ1) is 15.5. The van der Waals surface area contributed by atoms with Crippen LogP contribution >= 0.6 is 0 Å². The Morgan fingerprint density at radius 1 is 0.938 bits per heavy atom. The average Bonchev–Trinajstić information content (AvgIpc) is 2.83. The molecular formula is C24H24N2O5S. The van der Waals surface area contributed by atoms with Gasteiger partial charge in [-0.1, -0.05) is 30.3 Å². The molecular weight excluding hydrogens is 428 g/mol. The molecule has 5 rings (SSSR count). The zero-order chi connectivity index (χ0) is 22.1. The summed E-state index contributed by atoms with van der Waals surface area (Å²) in [6, 6.07) is 18.1. The summed E-state index contributed by atoms with van der Waals surface area (Å²) in [7, 11) is -3.69. The fraction of sp³-hybridized carbons (Fsp3) is 0.292. The SMILES string of the molecule is O=C(Nc1ccc2c(c1)OCCO2)[C@@H]1CCCN(S(=O)(=O)c2ccc3ccccc3c2)C1. The summed E-state index contributed by atoms with van der Waals surface area (Å²) < 4.78 is 39.1. The lowest BCUT2D eigenvalue weighted by atomic mass is 9.98. The number of nitrogens with one attached hydrogen (secondary N) is 1. The third-order valence-corrected chi connectivity index (χ3v) is 7.78. The summed E-state index contributed by atoms with van der Waals surface area (Å²) in [6.45, 7) is 1.53. The fourth-order valence-corrected chi connectivity index (χ4v) is 5.78. The van der Waals surface area contributed by atoms with Crippen molar-refractivity contribution in [1.82, 2.24) is 4.31 Å². The van der Waals surface area contributed by atoms with Crippen molar-refractivity contribution in [2.75, 3.05) is 31.6 Å². The average molecular weight is 453 g/mol. The number of rotatable bonds is 4. The molecule has 3 aromatic rings. The summed E-state index contributed by atoms with van der Waals surface area (Å²) in [6.07, 6.45) is 1.27. The van der Waals surface area contributed by atoms with Crippen molar-refractivity contribution < 1.29 is 22.7 Å². The molecule has 1 N–H and O–H groups in total. The van der Waals surface area contributed by atoms with Gasteiger partial charge in [-0.2, -0.15) is 4.31 Å². The predicted octanol–water partition coefficient (Wildman–Crippen LogP) is 3.65. The van der Waals surface area contributed by atoms with E-state index in [2.05, 4.69) is 5.32 Å². The van der Waals surface area contributed by atoms with Gasteiger partial charge in [-0.15, -0.1) is 0 Å². The molecule has 166 valence electrons. The standard InChI is InChI=1S/C24H24N2O5S/c27-24(25-20-8-10-22-23(15-20)31-13-12-30-22)19-6-3-11-26(16-19)32(28,29)21-9-7-17-4-1-2-5-18(17)14-21/h1-2,4-5,7-10,14-15,19H,3,6,11-13,16H2,(H,25,27)/t19-/m1/s1. The number of nitrogens with zero attached hydrogens (tertiary/aromatic N) is 1. The molecule has 0 bridgehead atoms. The molecule has 1 amide bonds. The number of carbonyl (C=O) groups is 1. The number of fused-ring (bicyclic) bond motifs is 2. The van der Waals surface area contributed by atoms with Gasteiger partial charge in [0.05, 0.1) is 10.8 Å². The van der Waals surface area contributed by atoms with Gasteiger partial charge in [0.25, 0.3) is 0 Å². The molecule has 3 aromatic carbocycles. The van der Waals surface area contributed by atoms with E-state index in [-0.39, 0.29) is 17.3 Å². The second-order valence-corrected chi connectivity index (χ2v) is 10.00. The molecule has 1 saturated heterocycles. The van der Waals surface area contributed by atoms with E-state index in [0.717, 1.165) is 10.8 Å². The number of anilines is 1. The van der Waals surface area contributed by atoms with Crippen LogP contribution in [0.5, 0.6) is 11.5 Å². The molecule has 2 aliphatic heterocycles. The minimum Gasteiger partial charge on any atom is -0.486 e. The monoisotopic (exact) mass is 452 g/mol. The molecule has 0 unspecified atom stereocenters. The Balaban J connectivity index is 1.31. The lowest BCUT2D eigenvalue weighted by molar-refractivity contribution is -0.120. The molecule has 2 aliphatic rings. The van der Waals surface area contributed by atoms with Crippen LogP contribution in [0.15, 0.2) is 65.6 Å². The van der Waals surface area contributed by atoms with Crippen molar-refractivity contribution in [3.63, 3.8) is 0 Å². The number of hydrogen-bond acceptors (Lipinski definition) is 5. The molecule has 2 heterocycles. The van der Waals surface area contributed by atoms with Crippen LogP contribution in [0.25, 0.3) is 10.8 Å². The van der Waals surface area contributed by atoms with Crippen LogP contribution in [-0.4, -0.2) is 44.9 Å². The van der Waals surface area contributed by atoms with Crippen LogP contribution in [0.3, 0.4) is 0 Å². The molecule has 0 aliphatic carbocycles. The van der Waals surface area contributed by atoms with E-state index in [0.29, 0.717) is 49.8 Å². The summed E-state index contributed by atoms with van der Waals surface area (Å²) in [5.41, 5.74) is 0.605. The van der Waals surface area contributed by atoms with Crippen LogP contribution in [0, 0.1) is 5.92 Å². The van der Waals surface area contributed by atoms with Crippen LogP contribution < -0.4 is 14.8 Å². The quantitative estimate of drug-likeness (QED) is 0.653. The smallest absolute Gasteiger partial charge is 0.243 e. The molecule has 0 spiro atoms. The second-order valence-electron chi connectivity index (χ2n) is 8.06. The lowest BCUT2D eigenvalue weighted by Gasteiger charge is -2.31. The van der Waals surface area contributed by atoms with Crippen molar-refractivity contribution in [3.8, 4) is 11.5 Å². The molecule has 1 fully saturated rings. The largest absolute Gasteiger partial charge is 0.486 e. The number of piperidine rings is 1. The summed E-state index contributed by atoms with van der Waals surface area (Å²) in [5, 5.41) is 4.76. The Morgan fingerprint density at radius 2 is 1.72 bits per heavy atom. The number of hydrogen-bond donors (Lipinski definition) is 1. The van der Waals surface area contributed by atoms with E-state index in [1.54, 1.807) is 30.3 Å². The molecule has 1 atom stereocenters. The first-order valence-corrected chi connectivity index (χ1v) is 12.1. The summed E-state index contributed by atoms with van der Waals surface area (Å²) in [5.74, 6) is 0.630. The van der Waals surface area contributed by atoms with E-state index >= 15 is 0 Å².